The molecule has 2 aromatic heterocycles. The quantitative estimate of drug-likeness (QED) is 0.642. The fraction of sp³-hybridized carbons (Fsp3) is 0.300. The number of aromatic amines is 1. The van der Waals surface area contributed by atoms with Gasteiger partial charge in [0.1, 0.15) is 10.8 Å². The molecule has 0 fully saturated rings. The molecule has 2 heterocycles. The number of aryl methyl sites for hydroxylation is 1. The van der Waals surface area contributed by atoms with Crippen LogP contribution >= 0.6 is 11.6 Å². The van der Waals surface area contributed by atoms with E-state index in [0.29, 0.717) is 5.15 Å². The highest BCUT2D eigenvalue weighted by molar-refractivity contribution is 6.29. The first-order valence-corrected chi connectivity index (χ1v) is 4.75. The third-order valence-electron chi connectivity index (χ3n) is 1.58. The van der Waals surface area contributed by atoms with Crippen molar-refractivity contribution >= 4 is 22.6 Å². The predicted molar refractivity (Wildman–Crippen MR) is 57.2 cm³/mol. The van der Waals surface area contributed by atoms with Crippen LogP contribution < -0.4 is 0 Å². The van der Waals surface area contributed by atoms with Crippen molar-refractivity contribution in [1.29, 1.82) is 0 Å². The average Bonchev–Trinajstić information content (AvgIpc) is 2.48. The van der Waals surface area contributed by atoms with Gasteiger partial charge in [0.15, 0.2) is 0 Å². The second kappa shape index (κ2) is 4.28. The van der Waals surface area contributed by atoms with Gasteiger partial charge in [-0.15, -0.1) is 0 Å². The number of rotatable bonds is 0. The monoisotopic (exact) mass is 196 g/mol. The van der Waals surface area contributed by atoms with E-state index >= 15 is 0 Å². The molecule has 2 nitrogen and oxygen atoms in total. The second-order valence-electron chi connectivity index (χ2n) is 2.52. The van der Waals surface area contributed by atoms with Crippen molar-refractivity contribution in [3.8, 4) is 0 Å². The number of aromatic nitrogens is 2. The Balaban J connectivity index is 0.000000396. The Morgan fingerprint density at radius 3 is 2.69 bits per heavy atom. The summed E-state index contributed by atoms with van der Waals surface area (Å²) in [5.74, 6) is 0. The maximum absolute atomic E-state index is 5.70. The number of pyridine rings is 1. The number of fused-ring (bicyclic) bond motifs is 1. The number of H-pyrrole nitrogens is 1. The van der Waals surface area contributed by atoms with Crippen molar-refractivity contribution in [3.05, 3.63) is 29.0 Å². The summed E-state index contributed by atoms with van der Waals surface area (Å²) in [6, 6.07) is 5.78. The topological polar surface area (TPSA) is 28.7 Å². The fourth-order valence-corrected chi connectivity index (χ4v) is 1.27. The summed E-state index contributed by atoms with van der Waals surface area (Å²) in [5, 5.41) is 1.63. The molecule has 3 heteroatoms. The normalized spacial score (nSPS) is 9.54. The molecule has 0 radical (unpaired) electrons. The van der Waals surface area contributed by atoms with Gasteiger partial charge in [-0.1, -0.05) is 25.4 Å². The summed E-state index contributed by atoms with van der Waals surface area (Å²) >= 11 is 5.70. The van der Waals surface area contributed by atoms with Crippen molar-refractivity contribution in [3.63, 3.8) is 0 Å². The average molecular weight is 197 g/mol. The Morgan fingerprint density at radius 1 is 1.31 bits per heavy atom. The molecule has 0 saturated carbocycles. The van der Waals surface area contributed by atoms with Crippen LogP contribution in [0.3, 0.4) is 0 Å². The Labute approximate surface area is 82.9 Å². The van der Waals surface area contributed by atoms with Crippen molar-refractivity contribution in [2.24, 2.45) is 0 Å². The van der Waals surface area contributed by atoms with Crippen molar-refractivity contribution < 1.29 is 0 Å². The third kappa shape index (κ3) is 2.22. The van der Waals surface area contributed by atoms with Gasteiger partial charge in [-0.3, -0.25) is 0 Å². The molecule has 1 N–H and O–H groups in total. The highest BCUT2D eigenvalue weighted by Crippen LogP contribution is 2.15. The molecule has 0 aromatic carbocycles. The van der Waals surface area contributed by atoms with Crippen LogP contribution in [0.15, 0.2) is 18.2 Å². The SMILES string of the molecule is CC.Cc1cc2ccc(Cl)nc2[nH]1. The van der Waals surface area contributed by atoms with E-state index in [-0.39, 0.29) is 0 Å². The van der Waals surface area contributed by atoms with E-state index in [9.17, 15) is 0 Å². The largest absolute Gasteiger partial charge is 0.344 e. The molecule has 0 aliphatic carbocycles. The first-order chi connectivity index (χ1) is 6.25. The van der Waals surface area contributed by atoms with Crippen LogP contribution in [0.25, 0.3) is 11.0 Å². The molecule has 0 saturated heterocycles. The molecule has 13 heavy (non-hydrogen) atoms. The summed E-state index contributed by atoms with van der Waals surface area (Å²) in [6.07, 6.45) is 0. The van der Waals surface area contributed by atoms with E-state index < -0.39 is 0 Å². The van der Waals surface area contributed by atoms with Gasteiger partial charge in [-0.25, -0.2) is 4.98 Å². The minimum absolute atomic E-state index is 0.527. The van der Waals surface area contributed by atoms with Crippen molar-refractivity contribution in [1.82, 2.24) is 9.97 Å². The maximum Gasteiger partial charge on any atom is 0.139 e. The smallest absolute Gasteiger partial charge is 0.139 e. The Morgan fingerprint density at radius 2 is 2.00 bits per heavy atom. The summed E-state index contributed by atoms with van der Waals surface area (Å²) in [4.78, 5) is 7.21. The van der Waals surface area contributed by atoms with Crippen LogP contribution in [0, 0.1) is 6.92 Å². The second-order valence-corrected chi connectivity index (χ2v) is 2.91. The van der Waals surface area contributed by atoms with Crippen molar-refractivity contribution in [2.45, 2.75) is 20.8 Å². The van der Waals surface area contributed by atoms with E-state index in [4.69, 9.17) is 11.6 Å². The zero-order valence-electron chi connectivity index (χ0n) is 8.06. The highest BCUT2D eigenvalue weighted by atomic mass is 35.5. The lowest BCUT2D eigenvalue weighted by atomic mass is 10.3. The number of nitrogens with one attached hydrogen (secondary N) is 1. The number of hydrogen-bond donors (Lipinski definition) is 1. The lowest BCUT2D eigenvalue weighted by Crippen LogP contribution is -1.75. The zero-order chi connectivity index (χ0) is 9.84. The molecule has 2 rings (SSSR count). The summed E-state index contributed by atoms with van der Waals surface area (Å²) in [5.41, 5.74) is 1.96. The van der Waals surface area contributed by atoms with Gasteiger partial charge in [0.2, 0.25) is 0 Å². The Hall–Kier alpha value is -1.02. The molecule has 0 unspecified atom stereocenters. The van der Waals surface area contributed by atoms with Crippen molar-refractivity contribution in [2.75, 3.05) is 0 Å². The number of halogens is 1. The van der Waals surface area contributed by atoms with Crippen LogP contribution in [-0.4, -0.2) is 9.97 Å². The molecule has 0 spiro atoms. The van der Waals surface area contributed by atoms with E-state index in [2.05, 4.69) is 9.97 Å². The minimum Gasteiger partial charge on any atom is -0.344 e. The van der Waals surface area contributed by atoms with Crippen LogP contribution in [0.4, 0.5) is 0 Å². The first-order valence-electron chi connectivity index (χ1n) is 4.37. The summed E-state index contributed by atoms with van der Waals surface area (Å²) < 4.78 is 0. The van der Waals surface area contributed by atoms with Gasteiger partial charge in [0, 0.05) is 11.1 Å². The number of hydrogen-bond acceptors (Lipinski definition) is 1. The van der Waals surface area contributed by atoms with Crippen LogP contribution in [-0.2, 0) is 0 Å². The highest BCUT2D eigenvalue weighted by Gasteiger charge is 1.97. The molecule has 0 amide bonds. The predicted octanol–water partition coefficient (Wildman–Crippen LogP) is 3.55. The van der Waals surface area contributed by atoms with E-state index in [0.717, 1.165) is 16.7 Å². The first kappa shape index (κ1) is 10.1. The van der Waals surface area contributed by atoms with Crippen LogP contribution in [0.1, 0.15) is 19.5 Å². The molecule has 0 bridgehead atoms. The van der Waals surface area contributed by atoms with Gasteiger partial charge in [-0.05, 0) is 25.1 Å². The maximum atomic E-state index is 5.70. The third-order valence-corrected chi connectivity index (χ3v) is 1.79. The molecule has 70 valence electrons. The molecule has 0 aliphatic heterocycles. The molecular formula is C10H13ClN2. The van der Waals surface area contributed by atoms with Crippen LogP contribution in [0.5, 0.6) is 0 Å². The standard InChI is InChI=1S/C8H7ClN2.C2H6/c1-5-4-6-2-3-7(9)11-8(6)10-5;1-2/h2-4H,1H3,(H,10,11);1-2H3. The van der Waals surface area contributed by atoms with Gasteiger partial charge < -0.3 is 4.98 Å². The van der Waals surface area contributed by atoms with Gasteiger partial charge >= 0.3 is 0 Å². The Kier molecular flexibility index (Phi) is 3.32. The molecule has 0 aliphatic rings. The van der Waals surface area contributed by atoms with Gasteiger partial charge in [-0.2, -0.15) is 0 Å². The van der Waals surface area contributed by atoms with Crippen LogP contribution in [0.2, 0.25) is 5.15 Å². The lowest BCUT2D eigenvalue weighted by molar-refractivity contribution is 1.25. The molecular weight excluding hydrogens is 184 g/mol. The lowest BCUT2D eigenvalue weighted by Gasteiger charge is -1.87. The zero-order valence-corrected chi connectivity index (χ0v) is 8.81. The van der Waals surface area contributed by atoms with Gasteiger partial charge in [0.25, 0.3) is 0 Å². The fourth-order valence-electron chi connectivity index (χ4n) is 1.12. The molecule has 2 aromatic rings. The van der Waals surface area contributed by atoms with E-state index in [1.807, 2.05) is 32.9 Å². The summed E-state index contributed by atoms with van der Waals surface area (Å²) in [7, 11) is 0. The Bertz CT molecular complexity index is 393. The summed E-state index contributed by atoms with van der Waals surface area (Å²) in [6.45, 7) is 6.00. The number of nitrogens with zero attached hydrogens (tertiary/aromatic N) is 1. The minimum atomic E-state index is 0.527. The van der Waals surface area contributed by atoms with E-state index in [1.54, 1.807) is 6.07 Å². The van der Waals surface area contributed by atoms with E-state index in [1.165, 1.54) is 0 Å². The van der Waals surface area contributed by atoms with Gasteiger partial charge in [0.05, 0.1) is 0 Å². The molecule has 0 atom stereocenters.